The summed E-state index contributed by atoms with van der Waals surface area (Å²) in [5, 5.41) is 2.84. The van der Waals surface area contributed by atoms with Crippen LogP contribution < -0.4 is 5.32 Å². The number of rotatable bonds is 5. The number of hydrogen-bond acceptors (Lipinski definition) is 5. The molecule has 2 fully saturated rings. The molecular weight excluding hydrogens is 449 g/mol. The Morgan fingerprint density at radius 2 is 1.69 bits per heavy atom. The van der Waals surface area contributed by atoms with Crippen molar-refractivity contribution in [2.45, 2.75) is 61.6 Å². The van der Waals surface area contributed by atoms with Crippen molar-refractivity contribution in [3.63, 3.8) is 0 Å². The standard InChI is InChI=1S/C21H27F3N2O5S/c1-31-19(28)20(11-5-2-6-12-20)25-18(27)15-9-13-26(14-10-15)32(29,30)17-8-4-3-7-16(17)21(22,23)24/h3-4,7-8,15H,2,5-6,9-14H2,1H3,(H,25,27). The third-order valence-electron chi connectivity index (χ3n) is 6.28. The summed E-state index contributed by atoms with van der Waals surface area (Å²) in [6, 6.07) is 4.07. The number of halogens is 3. The van der Waals surface area contributed by atoms with Crippen LogP contribution in [-0.4, -0.2) is 50.3 Å². The number of nitrogens with one attached hydrogen (secondary N) is 1. The fraction of sp³-hybridized carbons (Fsp3) is 0.619. The zero-order chi connectivity index (χ0) is 23.6. The second kappa shape index (κ2) is 9.38. The van der Waals surface area contributed by atoms with Crippen LogP contribution in [0, 0.1) is 5.92 Å². The Bertz CT molecular complexity index is 950. The third-order valence-corrected chi connectivity index (χ3v) is 8.24. The average molecular weight is 477 g/mol. The van der Waals surface area contributed by atoms with Crippen molar-refractivity contribution >= 4 is 21.9 Å². The van der Waals surface area contributed by atoms with E-state index in [1.165, 1.54) is 13.2 Å². The summed E-state index contributed by atoms with van der Waals surface area (Å²) in [5.74, 6) is -1.39. The van der Waals surface area contributed by atoms with Crippen molar-refractivity contribution in [1.82, 2.24) is 9.62 Å². The van der Waals surface area contributed by atoms with E-state index < -0.39 is 44.1 Å². The number of esters is 1. The number of methoxy groups -OCH3 is 1. The Hall–Kier alpha value is -2.14. The normalized spacial score (nSPS) is 20.5. The Morgan fingerprint density at radius 3 is 2.25 bits per heavy atom. The molecule has 0 radical (unpaired) electrons. The molecular formula is C21H27F3N2O5S. The van der Waals surface area contributed by atoms with Gasteiger partial charge >= 0.3 is 12.1 Å². The lowest BCUT2D eigenvalue weighted by Gasteiger charge is -2.37. The minimum atomic E-state index is -4.80. The highest BCUT2D eigenvalue weighted by molar-refractivity contribution is 7.89. The fourth-order valence-electron chi connectivity index (χ4n) is 4.49. The van der Waals surface area contributed by atoms with E-state index in [9.17, 15) is 31.2 Å². The van der Waals surface area contributed by atoms with Crippen LogP contribution >= 0.6 is 0 Å². The monoisotopic (exact) mass is 476 g/mol. The zero-order valence-corrected chi connectivity index (χ0v) is 18.6. The van der Waals surface area contributed by atoms with Crippen molar-refractivity contribution in [3.05, 3.63) is 29.8 Å². The first-order valence-corrected chi connectivity index (χ1v) is 12.0. The number of hydrogen-bond donors (Lipinski definition) is 1. The first-order valence-electron chi connectivity index (χ1n) is 10.6. The lowest BCUT2D eigenvalue weighted by Crippen LogP contribution is -2.58. The second-order valence-corrected chi connectivity index (χ2v) is 10.2. The summed E-state index contributed by atoms with van der Waals surface area (Å²) in [4.78, 5) is 24.4. The van der Waals surface area contributed by atoms with Gasteiger partial charge in [-0.15, -0.1) is 0 Å². The predicted molar refractivity (Wildman–Crippen MR) is 109 cm³/mol. The van der Waals surface area contributed by atoms with Crippen LogP contribution in [0.2, 0.25) is 0 Å². The molecule has 1 saturated heterocycles. The highest BCUT2D eigenvalue weighted by Crippen LogP contribution is 2.36. The molecule has 2 aliphatic rings. The number of carbonyl (C=O) groups is 2. The maximum Gasteiger partial charge on any atom is 0.417 e. The van der Waals surface area contributed by atoms with E-state index in [1.807, 2.05) is 0 Å². The van der Waals surface area contributed by atoms with Crippen LogP contribution in [0.5, 0.6) is 0 Å². The number of benzene rings is 1. The summed E-state index contributed by atoms with van der Waals surface area (Å²) >= 11 is 0. The number of ether oxygens (including phenoxy) is 1. The first kappa shape index (κ1) is 24.5. The molecule has 1 amide bonds. The largest absolute Gasteiger partial charge is 0.467 e. The number of piperidine rings is 1. The molecule has 3 rings (SSSR count). The van der Waals surface area contributed by atoms with Gasteiger partial charge in [-0.2, -0.15) is 17.5 Å². The van der Waals surface area contributed by atoms with E-state index in [0.29, 0.717) is 12.8 Å². The average Bonchev–Trinajstić information content (AvgIpc) is 2.78. The third kappa shape index (κ3) is 4.93. The van der Waals surface area contributed by atoms with Crippen LogP contribution in [0.25, 0.3) is 0 Å². The SMILES string of the molecule is COC(=O)C1(NC(=O)C2CCN(S(=O)(=O)c3ccccc3C(F)(F)F)CC2)CCCCC1. The van der Waals surface area contributed by atoms with Gasteiger partial charge in [0.1, 0.15) is 5.54 Å². The molecule has 11 heteroatoms. The minimum Gasteiger partial charge on any atom is -0.467 e. The maximum absolute atomic E-state index is 13.3. The molecule has 0 unspecified atom stereocenters. The Morgan fingerprint density at radius 1 is 1.09 bits per heavy atom. The molecule has 0 atom stereocenters. The van der Waals surface area contributed by atoms with Gasteiger partial charge in [-0.05, 0) is 37.8 Å². The second-order valence-electron chi connectivity index (χ2n) is 8.30. The topological polar surface area (TPSA) is 92.8 Å². The molecule has 1 N–H and O–H groups in total. The number of sulfonamides is 1. The summed E-state index contributed by atoms with van der Waals surface area (Å²) in [6.07, 6.45) is -1.02. The molecule has 32 heavy (non-hydrogen) atoms. The van der Waals surface area contributed by atoms with Crippen molar-refractivity contribution < 1.29 is 35.9 Å². The van der Waals surface area contributed by atoms with Gasteiger partial charge in [0.15, 0.2) is 0 Å². The van der Waals surface area contributed by atoms with Gasteiger partial charge in [0.05, 0.1) is 17.6 Å². The summed E-state index contributed by atoms with van der Waals surface area (Å²) in [5.41, 5.74) is -2.28. The maximum atomic E-state index is 13.3. The van der Waals surface area contributed by atoms with Crippen molar-refractivity contribution in [3.8, 4) is 0 Å². The van der Waals surface area contributed by atoms with E-state index in [2.05, 4.69) is 5.32 Å². The highest BCUT2D eigenvalue weighted by Gasteiger charge is 2.44. The van der Waals surface area contributed by atoms with Gasteiger partial charge in [-0.25, -0.2) is 13.2 Å². The Kier molecular flexibility index (Phi) is 7.18. The fourth-order valence-corrected chi connectivity index (χ4v) is 6.17. The van der Waals surface area contributed by atoms with Gasteiger partial charge < -0.3 is 10.1 Å². The van der Waals surface area contributed by atoms with Crippen molar-refractivity contribution in [2.75, 3.05) is 20.2 Å². The van der Waals surface area contributed by atoms with E-state index in [0.717, 1.165) is 41.8 Å². The van der Waals surface area contributed by atoms with E-state index >= 15 is 0 Å². The van der Waals surface area contributed by atoms with Crippen LogP contribution in [0.15, 0.2) is 29.2 Å². The van der Waals surface area contributed by atoms with Gasteiger partial charge in [0.2, 0.25) is 15.9 Å². The zero-order valence-electron chi connectivity index (χ0n) is 17.8. The van der Waals surface area contributed by atoms with E-state index in [4.69, 9.17) is 4.74 Å². The molecule has 0 aromatic heterocycles. The molecule has 7 nitrogen and oxygen atoms in total. The summed E-state index contributed by atoms with van der Waals surface area (Å²) < 4.78 is 71.5. The molecule has 178 valence electrons. The first-order chi connectivity index (χ1) is 15.0. The number of amides is 1. The smallest absolute Gasteiger partial charge is 0.417 e. The Labute approximate surface area is 185 Å². The molecule has 1 aromatic rings. The van der Waals surface area contributed by atoms with Crippen LogP contribution in [0.1, 0.15) is 50.5 Å². The van der Waals surface area contributed by atoms with Gasteiger partial charge in [-0.3, -0.25) is 4.79 Å². The van der Waals surface area contributed by atoms with Crippen LogP contribution in [-0.2, 0) is 30.5 Å². The molecule has 1 heterocycles. The van der Waals surface area contributed by atoms with Gasteiger partial charge in [0, 0.05) is 19.0 Å². The minimum absolute atomic E-state index is 0.0855. The van der Waals surface area contributed by atoms with E-state index in [-0.39, 0.29) is 31.8 Å². The lowest BCUT2D eigenvalue weighted by atomic mass is 9.81. The van der Waals surface area contributed by atoms with Crippen molar-refractivity contribution in [1.29, 1.82) is 0 Å². The molecule has 1 aliphatic carbocycles. The molecule has 1 aromatic carbocycles. The van der Waals surface area contributed by atoms with Gasteiger partial charge in [0.25, 0.3) is 0 Å². The van der Waals surface area contributed by atoms with Gasteiger partial charge in [-0.1, -0.05) is 31.4 Å². The van der Waals surface area contributed by atoms with Crippen molar-refractivity contribution in [2.24, 2.45) is 5.92 Å². The number of alkyl halides is 3. The van der Waals surface area contributed by atoms with Crippen LogP contribution in [0.4, 0.5) is 13.2 Å². The lowest BCUT2D eigenvalue weighted by molar-refractivity contribution is -0.153. The molecule has 0 spiro atoms. The van der Waals surface area contributed by atoms with Crippen LogP contribution in [0.3, 0.4) is 0 Å². The van der Waals surface area contributed by atoms with E-state index in [1.54, 1.807) is 0 Å². The quantitative estimate of drug-likeness (QED) is 0.660. The number of nitrogens with zero attached hydrogens (tertiary/aromatic N) is 1. The summed E-state index contributed by atoms with van der Waals surface area (Å²) in [7, 11) is -3.10. The predicted octanol–water partition coefficient (Wildman–Crippen LogP) is 3.10. The highest BCUT2D eigenvalue weighted by atomic mass is 32.2. The molecule has 1 aliphatic heterocycles. The summed E-state index contributed by atoms with van der Waals surface area (Å²) in [6.45, 7) is -0.171. The molecule has 0 bridgehead atoms. The Balaban J connectivity index is 1.70. The molecule has 1 saturated carbocycles. The number of carbonyl (C=O) groups excluding carboxylic acids is 2.